The van der Waals surface area contributed by atoms with Gasteiger partial charge in [-0.2, -0.15) is 0 Å². The maximum Gasteiger partial charge on any atom is 0.341 e. The van der Waals surface area contributed by atoms with Crippen molar-refractivity contribution in [3.05, 3.63) is 50.1 Å². The van der Waals surface area contributed by atoms with Crippen LogP contribution in [0.15, 0.2) is 23.4 Å². The molecule has 0 fully saturated rings. The molecule has 37 heavy (non-hydrogen) atoms. The van der Waals surface area contributed by atoms with E-state index in [0.717, 1.165) is 23.1 Å². The Morgan fingerprint density at radius 1 is 1.24 bits per heavy atom. The molecule has 0 atom stereocenters. The van der Waals surface area contributed by atoms with Gasteiger partial charge in [0.25, 0.3) is 5.91 Å². The van der Waals surface area contributed by atoms with E-state index in [4.69, 9.17) is 38.4 Å². The van der Waals surface area contributed by atoms with Crippen LogP contribution in [0.1, 0.15) is 52.2 Å². The van der Waals surface area contributed by atoms with E-state index in [1.165, 1.54) is 0 Å². The van der Waals surface area contributed by atoms with Crippen LogP contribution < -0.4 is 15.8 Å². The normalized spacial score (nSPS) is 11.0. The predicted molar refractivity (Wildman–Crippen MR) is 144 cm³/mol. The van der Waals surface area contributed by atoms with Crippen LogP contribution in [0.2, 0.25) is 10.0 Å². The van der Waals surface area contributed by atoms with E-state index in [2.05, 4.69) is 15.5 Å². The number of aromatic nitrogens is 3. The minimum atomic E-state index is -0.694. The summed E-state index contributed by atoms with van der Waals surface area (Å²) in [6, 6.07) is 4.91. The average Bonchev–Trinajstić information content (AvgIpc) is 3.37. The first kappa shape index (κ1) is 28.8. The van der Waals surface area contributed by atoms with Crippen molar-refractivity contribution < 1.29 is 23.9 Å². The maximum atomic E-state index is 12.8. The van der Waals surface area contributed by atoms with Crippen molar-refractivity contribution in [3.63, 3.8) is 0 Å². The number of anilines is 1. The van der Waals surface area contributed by atoms with Gasteiger partial charge in [-0.05, 0) is 45.4 Å². The number of primary amides is 1. The highest BCUT2D eigenvalue weighted by molar-refractivity contribution is 7.99. The lowest BCUT2D eigenvalue weighted by Gasteiger charge is -2.11. The van der Waals surface area contributed by atoms with E-state index in [1.54, 1.807) is 39.0 Å². The Labute approximate surface area is 231 Å². The van der Waals surface area contributed by atoms with Crippen LogP contribution >= 0.6 is 46.3 Å². The van der Waals surface area contributed by atoms with Gasteiger partial charge in [-0.25, -0.2) is 4.79 Å². The number of carbonyl (C=O) groups is 3. The topological polar surface area (TPSA) is 138 Å². The third kappa shape index (κ3) is 7.16. The van der Waals surface area contributed by atoms with Crippen molar-refractivity contribution in [2.24, 2.45) is 5.73 Å². The molecule has 0 aliphatic rings. The van der Waals surface area contributed by atoms with Crippen molar-refractivity contribution in [2.75, 3.05) is 11.1 Å². The fraction of sp³-hybridized carbons (Fsp3) is 0.348. The van der Waals surface area contributed by atoms with Crippen LogP contribution in [0, 0.1) is 6.92 Å². The summed E-state index contributed by atoms with van der Waals surface area (Å²) in [6.45, 7) is 7.54. The summed E-state index contributed by atoms with van der Waals surface area (Å²) in [7, 11) is 0. The van der Waals surface area contributed by atoms with Gasteiger partial charge in [0.05, 0.1) is 27.3 Å². The van der Waals surface area contributed by atoms with E-state index in [0.29, 0.717) is 38.9 Å². The Morgan fingerprint density at radius 3 is 2.62 bits per heavy atom. The standard InChI is InChI=1S/C23H25Cl2N5O5S2/c1-5-30-16(9-34-15-8-13(24)6-7-14(15)25)28-29-23(30)36-10-17(31)27-21-18(22(33)35-11(2)3)12(4)19(37-21)20(26)32/h6-8,11H,5,9-10H2,1-4H3,(H2,26,32)(H,27,31). The summed E-state index contributed by atoms with van der Waals surface area (Å²) in [6.07, 6.45) is -0.378. The second-order valence-corrected chi connectivity index (χ2v) is 10.7. The van der Waals surface area contributed by atoms with Gasteiger partial charge >= 0.3 is 5.97 Å². The number of amides is 2. The van der Waals surface area contributed by atoms with Gasteiger partial charge in [-0.1, -0.05) is 35.0 Å². The van der Waals surface area contributed by atoms with E-state index in [1.807, 2.05) is 11.5 Å². The lowest BCUT2D eigenvalue weighted by molar-refractivity contribution is -0.113. The largest absolute Gasteiger partial charge is 0.484 e. The van der Waals surface area contributed by atoms with E-state index in [-0.39, 0.29) is 33.9 Å². The third-order valence-corrected chi connectivity index (χ3v) is 7.60. The van der Waals surface area contributed by atoms with Crippen LogP contribution in [0.5, 0.6) is 5.75 Å². The number of nitrogens with two attached hydrogens (primary N) is 1. The molecule has 2 heterocycles. The van der Waals surface area contributed by atoms with Gasteiger partial charge in [0.15, 0.2) is 11.0 Å². The molecule has 10 nitrogen and oxygen atoms in total. The number of thiophene rings is 1. The van der Waals surface area contributed by atoms with Gasteiger partial charge in [0.2, 0.25) is 5.91 Å². The number of rotatable bonds is 11. The Kier molecular flexibility index (Phi) is 9.82. The molecule has 3 N–H and O–H groups in total. The van der Waals surface area contributed by atoms with Crippen LogP contribution in [-0.4, -0.2) is 44.4 Å². The predicted octanol–water partition coefficient (Wildman–Crippen LogP) is 4.95. The highest BCUT2D eigenvalue weighted by atomic mass is 35.5. The minimum absolute atomic E-state index is 0.0272. The molecule has 2 amide bonds. The Bertz CT molecular complexity index is 1330. The number of esters is 1. The van der Waals surface area contributed by atoms with Crippen LogP contribution in [0.4, 0.5) is 5.00 Å². The van der Waals surface area contributed by atoms with Crippen molar-refractivity contribution in [1.29, 1.82) is 0 Å². The fourth-order valence-electron chi connectivity index (χ4n) is 3.23. The summed E-state index contributed by atoms with van der Waals surface area (Å²) < 4.78 is 12.8. The molecule has 3 rings (SSSR count). The molecule has 3 aromatic rings. The summed E-state index contributed by atoms with van der Waals surface area (Å²) in [5.41, 5.74) is 5.91. The quantitative estimate of drug-likeness (QED) is 0.238. The Morgan fingerprint density at radius 2 is 1.97 bits per heavy atom. The number of benzene rings is 1. The molecule has 198 valence electrons. The molecule has 0 aliphatic carbocycles. The van der Waals surface area contributed by atoms with E-state index in [9.17, 15) is 14.4 Å². The van der Waals surface area contributed by atoms with Gasteiger partial charge in [0.1, 0.15) is 17.4 Å². The SMILES string of the molecule is CCn1c(COc2cc(Cl)ccc2Cl)nnc1SCC(=O)Nc1sc(C(N)=O)c(C)c1C(=O)OC(C)C. The second-order valence-electron chi connectivity index (χ2n) is 7.92. The molecule has 1 aromatic carbocycles. The average molecular weight is 587 g/mol. The van der Waals surface area contributed by atoms with E-state index < -0.39 is 17.8 Å². The van der Waals surface area contributed by atoms with Gasteiger partial charge in [-0.3, -0.25) is 9.59 Å². The number of hydrogen-bond donors (Lipinski definition) is 2. The molecule has 0 radical (unpaired) electrons. The highest BCUT2D eigenvalue weighted by Crippen LogP contribution is 2.34. The molecule has 0 unspecified atom stereocenters. The van der Waals surface area contributed by atoms with Crippen molar-refractivity contribution >= 4 is 69.1 Å². The van der Waals surface area contributed by atoms with Gasteiger partial charge in [-0.15, -0.1) is 21.5 Å². The lowest BCUT2D eigenvalue weighted by atomic mass is 10.1. The summed E-state index contributed by atoms with van der Waals surface area (Å²) in [4.78, 5) is 37.3. The zero-order valence-corrected chi connectivity index (χ0v) is 23.6. The number of ether oxygens (including phenoxy) is 2. The lowest BCUT2D eigenvalue weighted by Crippen LogP contribution is -2.18. The van der Waals surface area contributed by atoms with Crippen LogP contribution in [0.25, 0.3) is 0 Å². The second kappa shape index (κ2) is 12.6. The number of carbonyl (C=O) groups excluding carboxylic acids is 3. The van der Waals surface area contributed by atoms with Gasteiger partial charge in [0, 0.05) is 17.6 Å². The number of hydrogen-bond acceptors (Lipinski definition) is 9. The molecule has 0 aliphatic heterocycles. The smallest absolute Gasteiger partial charge is 0.341 e. The molecule has 0 spiro atoms. The molecular formula is C23H25Cl2N5O5S2. The number of halogens is 2. The van der Waals surface area contributed by atoms with Crippen molar-refractivity contribution in [1.82, 2.24) is 14.8 Å². The molecule has 0 bridgehead atoms. The molecule has 2 aromatic heterocycles. The minimum Gasteiger partial charge on any atom is -0.484 e. The first-order valence-electron chi connectivity index (χ1n) is 11.1. The summed E-state index contributed by atoms with van der Waals surface area (Å²) >= 11 is 14.2. The van der Waals surface area contributed by atoms with Crippen LogP contribution in [0.3, 0.4) is 0 Å². The first-order chi connectivity index (χ1) is 17.5. The molecule has 0 saturated carbocycles. The number of thioether (sulfide) groups is 1. The number of nitrogens with zero attached hydrogens (tertiary/aromatic N) is 3. The van der Waals surface area contributed by atoms with Gasteiger partial charge < -0.3 is 25.1 Å². The monoisotopic (exact) mass is 585 g/mol. The summed E-state index contributed by atoms with van der Waals surface area (Å²) in [5.74, 6) is -0.812. The first-order valence-corrected chi connectivity index (χ1v) is 13.6. The fourth-order valence-corrected chi connectivity index (χ4v) is 5.45. The van der Waals surface area contributed by atoms with Crippen molar-refractivity contribution in [2.45, 2.75) is 52.1 Å². The Balaban J connectivity index is 1.69. The zero-order chi connectivity index (χ0) is 27.3. The number of nitrogens with one attached hydrogen (secondary N) is 1. The zero-order valence-electron chi connectivity index (χ0n) is 20.5. The highest BCUT2D eigenvalue weighted by Gasteiger charge is 2.26. The summed E-state index contributed by atoms with van der Waals surface area (Å²) in [5, 5.41) is 12.6. The Hall–Kier alpha value is -2.80. The van der Waals surface area contributed by atoms with Crippen molar-refractivity contribution in [3.8, 4) is 5.75 Å². The third-order valence-electron chi connectivity index (χ3n) is 4.86. The molecule has 14 heteroatoms. The molecular weight excluding hydrogens is 561 g/mol. The maximum absolute atomic E-state index is 12.8. The van der Waals surface area contributed by atoms with Crippen LogP contribution in [-0.2, 0) is 22.7 Å². The molecule has 0 saturated heterocycles. The van der Waals surface area contributed by atoms with E-state index >= 15 is 0 Å².